The van der Waals surface area contributed by atoms with Crippen LogP contribution in [0.2, 0.25) is 0 Å². The molecule has 0 amide bonds. The molecule has 0 radical (unpaired) electrons. The molecule has 3 heteroatoms. The predicted molar refractivity (Wildman–Crippen MR) is 69.9 cm³/mol. The van der Waals surface area contributed by atoms with Crippen LogP contribution in [0.5, 0.6) is 0 Å². The fourth-order valence-corrected chi connectivity index (χ4v) is 1.84. The summed E-state index contributed by atoms with van der Waals surface area (Å²) >= 11 is 0. The van der Waals surface area contributed by atoms with Gasteiger partial charge in [-0.3, -0.25) is 4.79 Å². The zero-order valence-corrected chi connectivity index (χ0v) is 11.5. The van der Waals surface area contributed by atoms with Crippen molar-refractivity contribution in [2.45, 2.75) is 77.9 Å². The van der Waals surface area contributed by atoms with E-state index in [2.05, 4.69) is 13.8 Å². The molecule has 0 saturated carbocycles. The van der Waals surface area contributed by atoms with Gasteiger partial charge in [0, 0.05) is 6.42 Å². The lowest BCUT2D eigenvalue weighted by molar-refractivity contribution is -0.132. The van der Waals surface area contributed by atoms with Gasteiger partial charge in [-0.1, -0.05) is 52.9 Å². The number of ketones is 1. The summed E-state index contributed by atoms with van der Waals surface area (Å²) in [5.74, 6) is 0.488. The van der Waals surface area contributed by atoms with Crippen molar-refractivity contribution in [1.29, 1.82) is 0 Å². The molecule has 0 bridgehead atoms. The van der Waals surface area contributed by atoms with E-state index < -0.39 is 12.2 Å². The summed E-state index contributed by atoms with van der Waals surface area (Å²) in [6.45, 7) is 6.14. The highest BCUT2D eigenvalue weighted by Crippen LogP contribution is 2.13. The van der Waals surface area contributed by atoms with Gasteiger partial charge in [0.15, 0.2) is 5.78 Å². The third-order valence-corrected chi connectivity index (χ3v) is 3.07. The molecule has 0 aromatic heterocycles. The summed E-state index contributed by atoms with van der Waals surface area (Å²) in [5, 5.41) is 19.1. The van der Waals surface area contributed by atoms with Gasteiger partial charge < -0.3 is 10.2 Å². The average Bonchev–Trinajstić information content (AvgIpc) is 2.30. The molecule has 102 valence electrons. The van der Waals surface area contributed by atoms with Crippen molar-refractivity contribution in [2.75, 3.05) is 0 Å². The number of aliphatic hydroxyl groups excluding tert-OH is 2. The summed E-state index contributed by atoms with van der Waals surface area (Å²) in [6.07, 6.45) is 4.33. The average molecular weight is 244 g/mol. The van der Waals surface area contributed by atoms with Gasteiger partial charge in [-0.2, -0.15) is 0 Å². The fraction of sp³-hybridized carbons (Fsp3) is 0.929. The Kier molecular flexibility index (Phi) is 9.37. The smallest absolute Gasteiger partial charge is 0.163 e. The van der Waals surface area contributed by atoms with Crippen LogP contribution in [0.25, 0.3) is 0 Å². The van der Waals surface area contributed by atoms with E-state index >= 15 is 0 Å². The minimum Gasteiger partial charge on any atom is -0.390 e. The SMILES string of the molecule is CCC(=O)C(O)C(O)CCCCCCC(C)C. The predicted octanol–water partition coefficient (Wildman–Crippen LogP) is 2.68. The number of rotatable bonds is 10. The number of aliphatic hydroxyl groups is 2. The molecular weight excluding hydrogens is 216 g/mol. The Hall–Kier alpha value is -0.410. The quantitative estimate of drug-likeness (QED) is 0.581. The van der Waals surface area contributed by atoms with Gasteiger partial charge in [-0.15, -0.1) is 0 Å². The second kappa shape index (κ2) is 9.60. The molecule has 2 atom stereocenters. The van der Waals surface area contributed by atoms with Crippen molar-refractivity contribution >= 4 is 5.78 Å². The molecule has 3 nitrogen and oxygen atoms in total. The van der Waals surface area contributed by atoms with Crippen molar-refractivity contribution < 1.29 is 15.0 Å². The first-order valence-electron chi connectivity index (χ1n) is 6.87. The fourth-order valence-electron chi connectivity index (χ4n) is 1.84. The molecule has 0 rings (SSSR count). The van der Waals surface area contributed by atoms with Crippen LogP contribution in [-0.2, 0) is 4.79 Å². The van der Waals surface area contributed by atoms with E-state index in [0.717, 1.165) is 18.8 Å². The molecule has 0 spiro atoms. The van der Waals surface area contributed by atoms with E-state index in [-0.39, 0.29) is 12.2 Å². The van der Waals surface area contributed by atoms with Gasteiger partial charge >= 0.3 is 0 Å². The van der Waals surface area contributed by atoms with Gasteiger partial charge in [0.2, 0.25) is 0 Å². The van der Waals surface area contributed by atoms with Crippen LogP contribution in [0.15, 0.2) is 0 Å². The highest BCUT2D eigenvalue weighted by Gasteiger charge is 2.21. The van der Waals surface area contributed by atoms with Crippen molar-refractivity contribution in [3.05, 3.63) is 0 Å². The molecule has 0 aliphatic carbocycles. The second-order valence-corrected chi connectivity index (χ2v) is 5.22. The number of unbranched alkanes of at least 4 members (excludes halogenated alkanes) is 3. The first kappa shape index (κ1) is 16.6. The van der Waals surface area contributed by atoms with Crippen molar-refractivity contribution in [1.82, 2.24) is 0 Å². The molecule has 17 heavy (non-hydrogen) atoms. The lowest BCUT2D eigenvalue weighted by Gasteiger charge is -2.15. The van der Waals surface area contributed by atoms with Crippen LogP contribution in [0.3, 0.4) is 0 Å². The Labute approximate surface area is 105 Å². The maximum atomic E-state index is 11.2. The van der Waals surface area contributed by atoms with Gasteiger partial charge in [-0.25, -0.2) is 0 Å². The summed E-state index contributed by atoms with van der Waals surface area (Å²) in [7, 11) is 0. The maximum Gasteiger partial charge on any atom is 0.163 e. The van der Waals surface area contributed by atoms with Gasteiger partial charge in [-0.05, 0) is 12.3 Å². The Bertz CT molecular complexity index is 202. The van der Waals surface area contributed by atoms with E-state index in [9.17, 15) is 15.0 Å². The maximum absolute atomic E-state index is 11.2. The monoisotopic (exact) mass is 244 g/mol. The highest BCUT2D eigenvalue weighted by molar-refractivity contribution is 5.83. The minimum absolute atomic E-state index is 0.266. The lowest BCUT2D eigenvalue weighted by atomic mass is 10.00. The first-order chi connectivity index (χ1) is 7.99. The number of carbonyl (C=O) groups excluding carboxylic acids is 1. The molecule has 0 aromatic carbocycles. The second-order valence-electron chi connectivity index (χ2n) is 5.22. The minimum atomic E-state index is -1.18. The summed E-state index contributed by atoms with van der Waals surface area (Å²) in [6, 6.07) is 0. The van der Waals surface area contributed by atoms with E-state index in [1.807, 2.05) is 0 Å². The van der Waals surface area contributed by atoms with Crippen LogP contribution in [-0.4, -0.2) is 28.2 Å². The summed E-state index contributed by atoms with van der Waals surface area (Å²) < 4.78 is 0. The van der Waals surface area contributed by atoms with Crippen molar-refractivity contribution in [3.8, 4) is 0 Å². The van der Waals surface area contributed by atoms with Crippen LogP contribution in [0.4, 0.5) is 0 Å². The molecule has 2 N–H and O–H groups in total. The Morgan fingerprint density at radius 2 is 1.53 bits per heavy atom. The molecule has 0 fully saturated rings. The van der Waals surface area contributed by atoms with Gasteiger partial charge in [0.05, 0.1) is 6.10 Å². The Morgan fingerprint density at radius 1 is 1.00 bits per heavy atom. The van der Waals surface area contributed by atoms with Crippen LogP contribution < -0.4 is 0 Å². The van der Waals surface area contributed by atoms with Crippen molar-refractivity contribution in [3.63, 3.8) is 0 Å². The van der Waals surface area contributed by atoms with Crippen molar-refractivity contribution in [2.24, 2.45) is 5.92 Å². The molecule has 0 saturated heterocycles. The summed E-state index contributed by atoms with van der Waals surface area (Å²) in [4.78, 5) is 11.2. The number of Topliss-reactive ketones (excluding diaryl/α,β-unsaturated/α-hetero) is 1. The van der Waals surface area contributed by atoms with E-state index in [1.165, 1.54) is 19.3 Å². The molecule has 2 unspecified atom stereocenters. The normalized spacial score (nSPS) is 14.9. The van der Waals surface area contributed by atoms with E-state index in [4.69, 9.17) is 0 Å². The lowest BCUT2D eigenvalue weighted by Crippen LogP contribution is -2.33. The van der Waals surface area contributed by atoms with Crippen LogP contribution >= 0.6 is 0 Å². The zero-order chi connectivity index (χ0) is 13.3. The highest BCUT2D eigenvalue weighted by atomic mass is 16.3. The van der Waals surface area contributed by atoms with Crippen LogP contribution in [0, 0.1) is 5.92 Å². The third kappa shape index (κ3) is 8.33. The summed E-state index contributed by atoms with van der Waals surface area (Å²) in [5.41, 5.74) is 0. The van der Waals surface area contributed by atoms with E-state index in [1.54, 1.807) is 6.92 Å². The first-order valence-corrected chi connectivity index (χ1v) is 6.87. The molecular formula is C14H28O3. The molecule has 0 aliphatic heterocycles. The topological polar surface area (TPSA) is 57.5 Å². The van der Waals surface area contributed by atoms with Gasteiger partial charge in [0.1, 0.15) is 6.10 Å². The Balaban J connectivity index is 3.51. The van der Waals surface area contributed by atoms with E-state index in [0.29, 0.717) is 6.42 Å². The molecule has 0 aromatic rings. The van der Waals surface area contributed by atoms with Crippen LogP contribution in [0.1, 0.15) is 65.7 Å². The third-order valence-electron chi connectivity index (χ3n) is 3.07. The zero-order valence-electron chi connectivity index (χ0n) is 11.5. The number of carbonyl (C=O) groups is 1. The Morgan fingerprint density at radius 3 is 2.00 bits per heavy atom. The largest absolute Gasteiger partial charge is 0.390 e. The number of hydrogen-bond acceptors (Lipinski definition) is 3. The standard InChI is InChI=1S/C14H28O3/c1-4-12(15)14(17)13(16)10-8-6-5-7-9-11(2)3/h11,13-14,16-17H,4-10H2,1-3H3. The molecule has 0 heterocycles. The molecule has 0 aliphatic rings. The van der Waals surface area contributed by atoms with Gasteiger partial charge in [0.25, 0.3) is 0 Å². The number of hydrogen-bond donors (Lipinski definition) is 2.